The van der Waals surface area contributed by atoms with E-state index in [0.717, 1.165) is 17.8 Å². The first-order valence-electron chi connectivity index (χ1n) is 7.78. The molecule has 1 aliphatic carbocycles. The Morgan fingerprint density at radius 2 is 2.05 bits per heavy atom. The number of nitrogens with one attached hydrogen (secondary N) is 1. The lowest BCUT2D eigenvalue weighted by Gasteiger charge is -2.34. The zero-order valence-corrected chi connectivity index (χ0v) is 14.3. The zero-order valence-electron chi connectivity index (χ0n) is 12.7. The van der Waals surface area contributed by atoms with Crippen LogP contribution in [0.3, 0.4) is 0 Å². The standard InChI is InChI=1S/C15H24N2O2S2/c1-11-5-6-17(9-12(11)2)21(18,19)15-7-14(20-10-15)8-16-13-3-4-13/h7,10-13,16H,3-6,8-9H2,1-2H3. The Morgan fingerprint density at radius 3 is 2.71 bits per heavy atom. The van der Waals surface area contributed by atoms with Gasteiger partial charge in [0.2, 0.25) is 10.0 Å². The summed E-state index contributed by atoms with van der Waals surface area (Å²) in [6.07, 6.45) is 3.46. The molecule has 0 bridgehead atoms. The highest BCUT2D eigenvalue weighted by Gasteiger charge is 2.32. The van der Waals surface area contributed by atoms with E-state index in [1.54, 1.807) is 21.0 Å². The third-order valence-electron chi connectivity index (χ3n) is 4.71. The molecule has 2 atom stereocenters. The van der Waals surface area contributed by atoms with Crippen molar-refractivity contribution in [2.24, 2.45) is 11.8 Å². The minimum Gasteiger partial charge on any atom is -0.309 e. The third kappa shape index (κ3) is 3.50. The molecule has 1 aromatic heterocycles. The number of hydrogen-bond donors (Lipinski definition) is 1. The summed E-state index contributed by atoms with van der Waals surface area (Å²) in [6, 6.07) is 2.49. The smallest absolute Gasteiger partial charge is 0.243 e. The number of thiophene rings is 1. The highest BCUT2D eigenvalue weighted by atomic mass is 32.2. The molecule has 118 valence electrons. The normalized spacial score (nSPS) is 27.9. The summed E-state index contributed by atoms with van der Waals surface area (Å²) >= 11 is 1.54. The minimum atomic E-state index is -3.30. The van der Waals surface area contributed by atoms with Crippen LogP contribution >= 0.6 is 11.3 Å². The van der Waals surface area contributed by atoms with Gasteiger partial charge in [0.25, 0.3) is 0 Å². The van der Waals surface area contributed by atoms with E-state index in [1.165, 1.54) is 12.8 Å². The van der Waals surface area contributed by atoms with Crippen LogP contribution in [-0.2, 0) is 16.6 Å². The SMILES string of the molecule is CC1CCN(S(=O)(=O)c2csc(CNC3CC3)c2)CC1C. The summed E-state index contributed by atoms with van der Waals surface area (Å²) in [7, 11) is -3.30. The largest absolute Gasteiger partial charge is 0.309 e. The van der Waals surface area contributed by atoms with Gasteiger partial charge in [0.05, 0.1) is 4.90 Å². The van der Waals surface area contributed by atoms with Crippen molar-refractivity contribution in [3.05, 3.63) is 16.3 Å². The molecular formula is C15H24N2O2S2. The molecular weight excluding hydrogens is 304 g/mol. The van der Waals surface area contributed by atoms with E-state index in [-0.39, 0.29) is 0 Å². The molecule has 0 aromatic carbocycles. The summed E-state index contributed by atoms with van der Waals surface area (Å²) in [6.45, 7) is 6.44. The van der Waals surface area contributed by atoms with E-state index < -0.39 is 10.0 Å². The van der Waals surface area contributed by atoms with Crippen LogP contribution in [-0.4, -0.2) is 31.9 Å². The Kier molecular flexibility index (Phi) is 4.41. The average Bonchev–Trinajstić information content (AvgIpc) is 3.15. The first-order chi connectivity index (χ1) is 9.96. The Hall–Kier alpha value is -0.430. The van der Waals surface area contributed by atoms with Crippen molar-refractivity contribution >= 4 is 21.4 Å². The second kappa shape index (κ2) is 5.99. The van der Waals surface area contributed by atoms with Crippen LogP contribution in [0.25, 0.3) is 0 Å². The highest BCUT2D eigenvalue weighted by molar-refractivity contribution is 7.89. The van der Waals surface area contributed by atoms with E-state index in [0.29, 0.717) is 35.9 Å². The summed E-state index contributed by atoms with van der Waals surface area (Å²) < 4.78 is 27.1. The number of hydrogen-bond acceptors (Lipinski definition) is 4. The van der Waals surface area contributed by atoms with Gasteiger partial charge in [-0.05, 0) is 37.2 Å². The fraction of sp³-hybridized carbons (Fsp3) is 0.733. The fourth-order valence-corrected chi connectivity index (χ4v) is 5.48. The van der Waals surface area contributed by atoms with Crippen molar-refractivity contribution in [2.45, 2.75) is 50.6 Å². The molecule has 4 nitrogen and oxygen atoms in total. The lowest BCUT2D eigenvalue weighted by Crippen LogP contribution is -2.42. The van der Waals surface area contributed by atoms with Crippen LogP contribution in [0.15, 0.2) is 16.3 Å². The quantitative estimate of drug-likeness (QED) is 0.904. The van der Waals surface area contributed by atoms with Gasteiger partial charge >= 0.3 is 0 Å². The number of piperidine rings is 1. The number of nitrogens with zero attached hydrogens (tertiary/aromatic N) is 1. The lowest BCUT2D eigenvalue weighted by atomic mass is 9.90. The molecule has 2 heterocycles. The van der Waals surface area contributed by atoms with E-state index >= 15 is 0 Å². The maximum Gasteiger partial charge on any atom is 0.243 e. The monoisotopic (exact) mass is 328 g/mol. The predicted molar refractivity (Wildman–Crippen MR) is 85.9 cm³/mol. The van der Waals surface area contributed by atoms with Crippen LogP contribution in [0, 0.1) is 11.8 Å². The molecule has 1 saturated heterocycles. The van der Waals surface area contributed by atoms with Gasteiger partial charge in [-0.3, -0.25) is 0 Å². The van der Waals surface area contributed by atoms with Gasteiger partial charge in [-0.1, -0.05) is 13.8 Å². The minimum absolute atomic E-state index is 0.433. The van der Waals surface area contributed by atoms with Gasteiger partial charge in [0.15, 0.2) is 0 Å². The van der Waals surface area contributed by atoms with Crippen LogP contribution in [0.5, 0.6) is 0 Å². The van der Waals surface area contributed by atoms with Crippen molar-refractivity contribution < 1.29 is 8.42 Å². The van der Waals surface area contributed by atoms with Crippen LogP contribution in [0.1, 0.15) is 38.0 Å². The van der Waals surface area contributed by atoms with Gasteiger partial charge in [-0.25, -0.2) is 8.42 Å². The summed E-state index contributed by atoms with van der Waals surface area (Å²) in [4.78, 5) is 1.58. The zero-order chi connectivity index (χ0) is 15.0. The van der Waals surface area contributed by atoms with Gasteiger partial charge in [-0.15, -0.1) is 11.3 Å². The molecule has 0 radical (unpaired) electrons. The second-order valence-corrected chi connectivity index (χ2v) is 9.44. The van der Waals surface area contributed by atoms with E-state index in [1.807, 2.05) is 6.07 Å². The van der Waals surface area contributed by atoms with Crippen LogP contribution < -0.4 is 5.32 Å². The highest BCUT2D eigenvalue weighted by Crippen LogP contribution is 2.29. The molecule has 1 saturated carbocycles. The molecule has 1 aliphatic heterocycles. The maximum absolute atomic E-state index is 12.7. The van der Waals surface area contributed by atoms with Crippen molar-refractivity contribution in [3.8, 4) is 0 Å². The summed E-state index contributed by atoms with van der Waals surface area (Å²) in [5, 5.41) is 5.23. The number of sulfonamides is 1. The van der Waals surface area contributed by atoms with Gasteiger partial charge < -0.3 is 5.32 Å². The number of rotatable bonds is 5. The van der Waals surface area contributed by atoms with Crippen molar-refractivity contribution in [2.75, 3.05) is 13.1 Å². The van der Waals surface area contributed by atoms with Gasteiger partial charge in [0.1, 0.15) is 0 Å². The van der Waals surface area contributed by atoms with E-state index in [4.69, 9.17) is 0 Å². The second-order valence-electron chi connectivity index (χ2n) is 6.51. The van der Waals surface area contributed by atoms with Crippen molar-refractivity contribution in [3.63, 3.8) is 0 Å². The van der Waals surface area contributed by atoms with E-state index in [9.17, 15) is 8.42 Å². The first-order valence-corrected chi connectivity index (χ1v) is 10.1. The Balaban J connectivity index is 1.69. The molecule has 3 rings (SSSR count). The summed E-state index contributed by atoms with van der Waals surface area (Å²) in [5.74, 6) is 1.04. The fourth-order valence-electron chi connectivity index (χ4n) is 2.71. The topological polar surface area (TPSA) is 49.4 Å². The van der Waals surface area contributed by atoms with Crippen LogP contribution in [0.2, 0.25) is 0 Å². The van der Waals surface area contributed by atoms with Crippen molar-refractivity contribution in [1.29, 1.82) is 0 Å². The van der Waals surface area contributed by atoms with Gasteiger partial charge in [0, 0.05) is 35.9 Å². The molecule has 2 fully saturated rings. The lowest BCUT2D eigenvalue weighted by molar-refractivity contribution is 0.212. The predicted octanol–water partition coefficient (Wildman–Crippen LogP) is 2.67. The molecule has 1 aromatic rings. The Labute approximate surface area is 131 Å². The third-order valence-corrected chi connectivity index (χ3v) is 7.64. The van der Waals surface area contributed by atoms with Gasteiger partial charge in [-0.2, -0.15) is 4.31 Å². The molecule has 21 heavy (non-hydrogen) atoms. The first kappa shape index (κ1) is 15.5. The molecule has 1 N–H and O–H groups in total. The molecule has 0 spiro atoms. The Bertz CT molecular complexity index is 593. The summed E-state index contributed by atoms with van der Waals surface area (Å²) in [5.41, 5.74) is 0. The molecule has 2 unspecified atom stereocenters. The van der Waals surface area contributed by atoms with Crippen molar-refractivity contribution in [1.82, 2.24) is 9.62 Å². The van der Waals surface area contributed by atoms with Crippen LogP contribution in [0.4, 0.5) is 0 Å². The average molecular weight is 329 g/mol. The van der Waals surface area contributed by atoms with E-state index in [2.05, 4.69) is 19.2 Å². The molecule has 0 amide bonds. The Morgan fingerprint density at radius 1 is 1.29 bits per heavy atom. The molecule has 6 heteroatoms. The molecule has 2 aliphatic rings. The maximum atomic E-state index is 12.7.